The van der Waals surface area contributed by atoms with Gasteiger partial charge in [-0.25, -0.2) is 4.98 Å². The van der Waals surface area contributed by atoms with E-state index in [1.807, 2.05) is 30.3 Å². The molecule has 1 N–H and O–H groups in total. The Hall–Kier alpha value is -3.03. The fourth-order valence-corrected chi connectivity index (χ4v) is 3.84. The van der Waals surface area contributed by atoms with Crippen LogP contribution in [0.4, 0.5) is 5.82 Å². The summed E-state index contributed by atoms with van der Waals surface area (Å²) in [7, 11) is 7.83. The molecule has 0 unspecified atom stereocenters. The molecular formula is C23H20BCl2N5O. The summed E-state index contributed by atoms with van der Waals surface area (Å²) >= 11 is 12.5. The number of rotatable bonds is 7. The van der Waals surface area contributed by atoms with Crippen LogP contribution < -0.4 is 10.8 Å². The lowest BCUT2D eigenvalue weighted by Gasteiger charge is -2.18. The Labute approximate surface area is 197 Å². The van der Waals surface area contributed by atoms with Gasteiger partial charge in [0.2, 0.25) is 0 Å². The molecular weight excluding hydrogens is 444 g/mol. The van der Waals surface area contributed by atoms with Gasteiger partial charge in [0.25, 0.3) is 5.91 Å². The minimum atomic E-state index is -0.109. The Morgan fingerprint density at radius 2 is 1.84 bits per heavy atom. The molecule has 4 aromatic rings. The summed E-state index contributed by atoms with van der Waals surface area (Å²) in [5, 5.41) is 8.75. The molecule has 9 heteroatoms. The lowest BCUT2D eigenvalue weighted by Crippen LogP contribution is -2.29. The molecule has 0 atom stereocenters. The van der Waals surface area contributed by atoms with Crippen molar-refractivity contribution in [3.05, 3.63) is 76.4 Å². The predicted molar refractivity (Wildman–Crippen MR) is 130 cm³/mol. The lowest BCUT2D eigenvalue weighted by atomic mass is 10.0. The van der Waals surface area contributed by atoms with Gasteiger partial charge in [-0.05, 0) is 30.1 Å². The molecule has 2 heterocycles. The summed E-state index contributed by atoms with van der Waals surface area (Å²) in [4.78, 5) is 18.9. The number of nitrogens with one attached hydrogen (secondary N) is 1. The maximum Gasteiger partial charge on any atom is 0.255 e. The third kappa shape index (κ3) is 4.59. The number of fused-ring (bicyclic) bond motifs is 1. The number of hydrogen-bond acceptors (Lipinski definition) is 4. The number of amides is 1. The Bertz CT molecular complexity index is 1280. The molecule has 2 aromatic heterocycles. The van der Waals surface area contributed by atoms with E-state index in [0.29, 0.717) is 51.9 Å². The van der Waals surface area contributed by atoms with Crippen molar-refractivity contribution in [2.45, 2.75) is 6.42 Å². The number of halogens is 2. The van der Waals surface area contributed by atoms with Crippen LogP contribution in [-0.4, -0.2) is 53.4 Å². The first-order chi connectivity index (χ1) is 15.5. The highest BCUT2D eigenvalue weighted by molar-refractivity contribution is 6.36. The minimum absolute atomic E-state index is 0.109. The largest absolute Gasteiger partial charge is 0.370 e. The van der Waals surface area contributed by atoms with E-state index in [1.165, 1.54) is 0 Å². The monoisotopic (exact) mass is 463 g/mol. The maximum absolute atomic E-state index is 12.6. The van der Waals surface area contributed by atoms with Crippen LogP contribution in [0.25, 0.3) is 16.9 Å². The van der Waals surface area contributed by atoms with Gasteiger partial charge in [0.15, 0.2) is 5.65 Å². The summed E-state index contributed by atoms with van der Waals surface area (Å²) in [6.07, 6.45) is 2.29. The molecule has 160 valence electrons. The second kappa shape index (κ2) is 9.63. The minimum Gasteiger partial charge on any atom is -0.370 e. The molecule has 2 aromatic carbocycles. The molecule has 0 aliphatic rings. The molecule has 0 aliphatic heterocycles. The van der Waals surface area contributed by atoms with Crippen LogP contribution >= 0.6 is 23.2 Å². The van der Waals surface area contributed by atoms with E-state index >= 15 is 0 Å². The van der Waals surface area contributed by atoms with Gasteiger partial charge in [-0.1, -0.05) is 53.5 Å². The molecule has 0 aliphatic carbocycles. The average molecular weight is 464 g/mol. The smallest absolute Gasteiger partial charge is 0.255 e. The molecule has 4 rings (SSSR count). The van der Waals surface area contributed by atoms with Crippen LogP contribution in [0.15, 0.2) is 60.8 Å². The van der Waals surface area contributed by atoms with Gasteiger partial charge >= 0.3 is 0 Å². The molecule has 1 amide bonds. The number of benzene rings is 2. The standard InChI is InChI=1S/C23H20BCl2N5O/c1-30(23(32)16-8-3-5-10-19(16)26)12-6-11-27-21-13-20(15-7-2-4-9-18(15)25)29-22-17(24)14-28-31(21)22/h2-5,7-10,13-14,27H,6,11-12H2,1H3. The normalized spacial score (nSPS) is 11.0. The van der Waals surface area contributed by atoms with Crippen molar-refractivity contribution in [2.24, 2.45) is 0 Å². The van der Waals surface area contributed by atoms with Crippen LogP contribution in [0.3, 0.4) is 0 Å². The number of aromatic nitrogens is 3. The van der Waals surface area contributed by atoms with Gasteiger partial charge in [0.05, 0.1) is 16.3 Å². The zero-order valence-electron chi connectivity index (χ0n) is 17.4. The first-order valence-electron chi connectivity index (χ1n) is 10.1. The summed E-state index contributed by atoms with van der Waals surface area (Å²) < 4.78 is 1.66. The number of nitrogens with zero attached hydrogens (tertiary/aromatic N) is 4. The van der Waals surface area contributed by atoms with Crippen LogP contribution in [0, 0.1) is 0 Å². The second-order valence-corrected chi connectivity index (χ2v) is 8.14. The molecule has 6 nitrogen and oxygen atoms in total. The Kier molecular flexibility index (Phi) is 6.67. The van der Waals surface area contributed by atoms with Crippen LogP contribution in [-0.2, 0) is 0 Å². The van der Waals surface area contributed by atoms with Crippen molar-refractivity contribution < 1.29 is 4.79 Å². The van der Waals surface area contributed by atoms with E-state index in [9.17, 15) is 4.79 Å². The molecule has 2 radical (unpaired) electrons. The quantitative estimate of drug-likeness (QED) is 0.331. The topological polar surface area (TPSA) is 62.5 Å². The molecule has 0 spiro atoms. The number of carbonyl (C=O) groups is 1. The second-order valence-electron chi connectivity index (χ2n) is 7.33. The van der Waals surface area contributed by atoms with E-state index in [4.69, 9.17) is 31.0 Å². The fraction of sp³-hybridized carbons (Fsp3) is 0.174. The highest BCUT2D eigenvalue weighted by Crippen LogP contribution is 2.28. The van der Waals surface area contributed by atoms with Gasteiger partial charge in [0, 0.05) is 43.0 Å². The zero-order chi connectivity index (χ0) is 22.7. The van der Waals surface area contributed by atoms with Gasteiger partial charge in [-0.2, -0.15) is 9.61 Å². The van der Waals surface area contributed by atoms with Gasteiger partial charge in [0.1, 0.15) is 13.7 Å². The molecule has 0 saturated carbocycles. The molecule has 32 heavy (non-hydrogen) atoms. The third-order valence-corrected chi connectivity index (χ3v) is 5.74. The van der Waals surface area contributed by atoms with Crippen molar-refractivity contribution in [1.29, 1.82) is 0 Å². The van der Waals surface area contributed by atoms with Gasteiger partial charge in [-0.15, -0.1) is 0 Å². The van der Waals surface area contributed by atoms with Crippen molar-refractivity contribution in [1.82, 2.24) is 19.5 Å². The lowest BCUT2D eigenvalue weighted by molar-refractivity contribution is 0.0795. The summed E-state index contributed by atoms with van der Waals surface area (Å²) in [5.41, 5.74) is 3.04. The fourth-order valence-electron chi connectivity index (χ4n) is 3.39. The van der Waals surface area contributed by atoms with Gasteiger partial charge < -0.3 is 10.2 Å². The highest BCUT2D eigenvalue weighted by Gasteiger charge is 2.15. The van der Waals surface area contributed by atoms with Crippen LogP contribution in [0.2, 0.25) is 10.0 Å². The predicted octanol–water partition coefficient (Wildman–Crippen LogP) is 4.07. The van der Waals surface area contributed by atoms with Gasteiger partial charge in [-0.3, -0.25) is 4.79 Å². The summed E-state index contributed by atoms with van der Waals surface area (Å²) in [6.45, 7) is 1.17. The molecule has 0 saturated heterocycles. The molecule has 0 bridgehead atoms. The first kappa shape index (κ1) is 22.2. The van der Waals surface area contributed by atoms with Crippen molar-refractivity contribution >= 4 is 53.9 Å². The van der Waals surface area contributed by atoms with E-state index in [-0.39, 0.29) is 5.91 Å². The zero-order valence-corrected chi connectivity index (χ0v) is 18.9. The Morgan fingerprint density at radius 1 is 1.12 bits per heavy atom. The first-order valence-corrected chi connectivity index (χ1v) is 10.8. The van der Waals surface area contributed by atoms with E-state index in [2.05, 4.69) is 15.4 Å². The van der Waals surface area contributed by atoms with Crippen molar-refractivity contribution in [3.63, 3.8) is 0 Å². The Balaban J connectivity index is 1.47. The number of anilines is 1. The van der Waals surface area contributed by atoms with E-state index < -0.39 is 0 Å². The number of carbonyl (C=O) groups excluding carboxylic acids is 1. The highest BCUT2D eigenvalue weighted by atomic mass is 35.5. The molecule has 0 fully saturated rings. The van der Waals surface area contributed by atoms with Crippen molar-refractivity contribution in [2.75, 3.05) is 25.5 Å². The van der Waals surface area contributed by atoms with Crippen LogP contribution in [0.5, 0.6) is 0 Å². The SMILES string of the molecule is [B]c1cnn2c(NCCCN(C)C(=O)c3ccccc3Cl)cc(-c3ccccc3Cl)nc12. The van der Waals surface area contributed by atoms with E-state index in [0.717, 1.165) is 11.4 Å². The van der Waals surface area contributed by atoms with Crippen molar-refractivity contribution in [3.8, 4) is 11.3 Å². The van der Waals surface area contributed by atoms with E-state index in [1.54, 1.807) is 46.9 Å². The summed E-state index contributed by atoms with van der Waals surface area (Å²) in [6, 6.07) is 16.4. The number of hydrogen-bond donors (Lipinski definition) is 1. The average Bonchev–Trinajstić information content (AvgIpc) is 3.17. The Morgan fingerprint density at radius 3 is 2.59 bits per heavy atom. The van der Waals surface area contributed by atoms with Crippen LogP contribution in [0.1, 0.15) is 16.8 Å². The third-order valence-electron chi connectivity index (χ3n) is 5.08. The summed E-state index contributed by atoms with van der Waals surface area (Å²) in [5.74, 6) is 0.629. The maximum atomic E-state index is 12.6.